The molecule has 0 aliphatic rings. The number of benzene rings is 1. The van der Waals surface area contributed by atoms with Crippen LogP contribution in [-0.4, -0.2) is 5.16 Å². The molecule has 3 heteroatoms. The summed E-state index contributed by atoms with van der Waals surface area (Å²) in [7, 11) is 0. The molecule has 15 heavy (non-hydrogen) atoms. The van der Waals surface area contributed by atoms with Crippen molar-refractivity contribution >= 4 is 0 Å². The van der Waals surface area contributed by atoms with E-state index in [2.05, 4.69) is 24.2 Å². The average Bonchev–Trinajstić information content (AvgIpc) is 2.66. The van der Waals surface area contributed by atoms with Gasteiger partial charge in [0.25, 0.3) is 0 Å². The summed E-state index contributed by atoms with van der Waals surface area (Å²) in [6, 6.07) is 9.91. The van der Waals surface area contributed by atoms with Crippen molar-refractivity contribution in [2.24, 2.45) is 5.73 Å². The predicted molar refractivity (Wildman–Crippen MR) is 59.3 cm³/mol. The van der Waals surface area contributed by atoms with Gasteiger partial charge < -0.3 is 10.3 Å². The van der Waals surface area contributed by atoms with Crippen LogP contribution in [0.15, 0.2) is 34.9 Å². The lowest BCUT2D eigenvalue weighted by Crippen LogP contribution is -2.02. The number of hydrogen-bond donors (Lipinski definition) is 1. The van der Waals surface area contributed by atoms with Gasteiger partial charge in [0, 0.05) is 11.6 Å². The number of rotatable bonds is 2. The average molecular weight is 202 g/mol. The van der Waals surface area contributed by atoms with E-state index in [1.165, 1.54) is 5.56 Å². The van der Waals surface area contributed by atoms with Gasteiger partial charge in [0.15, 0.2) is 5.76 Å². The monoisotopic (exact) mass is 202 g/mol. The maximum Gasteiger partial charge on any atom is 0.153 e. The summed E-state index contributed by atoms with van der Waals surface area (Å²) >= 11 is 0. The van der Waals surface area contributed by atoms with Crippen LogP contribution in [0.2, 0.25) is 0 Å². The molecule has 2 rings (SSSR count). The molecule has 1 aromatic heterocycles. The number of aryl methyl sites for hydroxylation is 1. The van der Waals surface area contributed by atoms with Crippen LogP contribution in [-0.2, 0) is 0 Å². The lowest BCUT2D eigenvalue weighted by Gasteiger charge is -1.96. The maximum absolute atomic E-state index is 5.70. The van der Waals surface area contributed by atoms with Crippen molar-refractivity contribution in [3.63, 3.8) is 0 Å². The van der Waals surface area contributed by atoms with Gasteiger partial charge in [-0.15, -0.1) is 0 Å². The Labute approximate surface area is 88.9 Å². The minimum atomic E-state index is -0.115. The van der Waals surface area contributed by atoms with Crippen LogP contribution in [0.4, 0.5) is 0 Å². The molecule has 0 saturated carbocycles. The Morgan fingerprint density at radius 1 is 1.33 bits per heavy atom. The van der Waals surface area contributed by atoms with Crippen molar-refractivity contribution in [1.82, 2.24) is 5.16 Å². The number of nitrogens with two attached hydrogens (primary N) is 1. The standard InChI is InChI=1S/C12H14N2O/c1-8-4-3-5-10(6-8)11-7-12(9(2)13)15-14-11/h3-7,9H,13H2,1-2H3. The van der Waals surface area contributed by atoms with Gasteiger partial charge in [-0.3, -0.25) is 0 Å². The van der Waals surface area contributed by atoms with E-state index >= 15 is 0 Å². The summed E-state index contributed by atoms with van der Waals surface area (Å²) in [5.41, 5.74) is 8.81. The first-order chi connectivity index (χ1) is 7.16. The van der Waals surface area contributed by atoms with E-state index in [1.54, 1.807) is 0 Å². The molecule has 0 aliphatic carbocycles. The molecule has 1 atom stereocenters. The molecule has 78 valence electrons. The molecule has 0 bridgehead atoms. The maximum atomic E-state index is 5.70. The van der Waals surface area contributed by atoms with Crippen molar-refractivity contribution in [1.29, 1.82) is 0 Å². The fourth-order valence-electron chi connectivity index (χ4n) is 1.44. The summed E-state index contributed by atoms with van der Waals surface area (Å²) in [5.74, 6) is 0.714. The van der Waals surface area contributed by atoms with E-state index < -0.39 is 0 Å². The van der Waals surface area contributed by atoms with Crippen molar-refractivity contribution in [2.75, 3.05) is 0 Å². The molecule has 3 nitrogen and oxygen atoms in total. The Hall–Kier alpha value is -1.61. The number of hydrogen-bond acceptors (Lipinski definition) is 3. The molecule has 0 saturated heterocycles. The molecule has 1 aromatic carbocycles. The van der Waals surface area contributed by atoms with Crippen molar-refractivity contribution in [3.05, 3.63) is 41.7 Å². The Balaban J connectivity index is 2.37. The Morgan fingerprint density at radius 3 is 2.73 bits per heavy atom. The SMILES string of the molecule is Cc1cccc(-c2cc(C(C)N)on2)c1. The Bertz CT molecular complexity index is 460. The van der Waals surface area contributed by atoms with Crippen LogP contribution >= 0.6 is 0 Å². The zero-order chi connectivity index (χ0) is 10.8. The van der Waals surface area contributed by atoms with Gasteiger partial charge in [0.05, 0.1) is 6.04 Å². The van der Waals surface area contributed by atoms with E-state index in [4.69, 9.17) is 10.3 Å². The van der Waals surface area contributed by atoms with Crippen molar-refractivity contribution in [3.8, 4) is 11.3 Å². The van der Waals surface area contributed by atoms with Gasteiger partial charge in [0.2, 0.25) is 0 Å². The van der Waals surface area contributed by atoms with E-state index in [0.717, 1.165) is 11.3 Å². The van der Waals surface area contributed by atoms with Gasteiger partial charge in [-0.05, 0) is 19.9 Å². The fourth-order valence-corrected chi connectivity index (χ4v) is 1.44. The fraction of sp³-hybridized carbons (Fsp3) is 0.250. The Kier molecular flexibility index (Phi) is 2.56. The molecule has 0 aliphatic heterocycles. The highest BCUT2D eigenvalue weighted by atomic mass is 16.5. The van der Waals surface area contributed by atoms with Crippen molar-refractivity contribution in [2.45, 2.75) is 19.9 Å². The van der Waals surface area contributed by atoms with E-state index in [9.17, 15) is 0 Å². The molecule has 1 unspecified atom stereocenters. The second kappa shape index (κ2) is 3.87. The summed E-state index contributed by atoms with van der Waals surface area (Å²) in [6.45, 7) is 3.93. The van der Waals surface area contributed by atoms with E-state index in [1.807, 2.05) is 25.1 Å². The third-order valence-corrected chi connectivity index (χ3v) is 2.29. The topological polar surface area (TPSA) is 52.0 Å². The molecule has 1 heterocycles. The van der Waals surface area contributed by atoms with Crippen LogP contribution in [0.5, 0.6) is 0 Å². The zero-order valence-corrected chi connectivity index (χ0v) is 8.90. The molecule has 0 amide bonds. The van der Waals surface area contributed by atoms with Crippen LogP contribution < -0.4 is 5.73 Å². The number of nitrogens with zero attached hydrogens (tertiary/aromatic N) is 1. The summed E-state index contributed by atoms with van der Waals surface area (Å²) in [4.78, 5) is 0. The molecular weight excluding hydrogens is 188 g/mol. The highest BCUT2D eigenvalue weighted by molar-refractivity contribution is 5.59. The smallest absolute Gasteiger partial charge is 0.153 e. The van der Waals surface area contributed by atoms with Gasteiger partial charge in [-0.2, -0.15) is 0 Å². The second-order valence-corrected chi connectivity index (χ2v) is 3.77. The second-order valence-electron chi connectivity index (χ2n) is 3.77. The molecular formula is C12H14N2O. The molecule has 0 fully saturated rings. The predicted octanol–water partition coefficient (Wildman–Crippen LogP) is 2.67. The summed E-state index contributed by atoms with van der Waals surface area (Å²) in [6.07, 6.45) is 0. The van der Waals surface area contributed by atoms with Gasteiger partial charge in [-0.25, -0.2) is 0 Å². The lowest BCUT2D eigenvalue weighted by molar-refractivity contribution is 0.369. The molecule has 0 radical (unpaired) electrons. The minimum Gasteiger partial charge on any atom is -0.359 e. The van der Waals surface area contributed by atoms with Crippen LogP contribution in [0, 0.1) is 6.92 Å². The quantitative estimate of drug-likeness (QED) is 0.814. The third-order valence-electron chi connectivity index (χ3n) is 2.29. The van der Waals surface area contributed by atoms with Crippen molar-refractivity contribution < 1.29 is 4.52 Å². The zero-order valence-electron chi connectivity index (χ0n) is 8.90. The highest BCUT2D eigenvalue weighted by Crippen LogP contribution is 2.22. The van der Waals surface area contributed by atoms with Gasteiger partial charge >= 0.3 is 0 Å². The first kappa shape index (κ1) is 9.93. The summed E-state index contributed by atoms with van der Waals surface area (Å²) in [5, 5.41) is 3.99. The highest BCUT2D eigenvalue weighted by Gasteiger charge is 2.09. The normalized spacial score (nSPS) is 12.7. The van der Waals surface area contributed by atoms with Crippen LogP contribution in [0.3, 0.4) is 0 Å². The molecule has 0 spiro atoms. The van der Waals surface area contributed by atoms with Crippen LogP contribution in [0.25, 0.3) is 11.3 Å². The minimum absolute atomic E-state index is 0.115. The first-order valence-electron chi connectivity index (χ1n) is 4.96. The largest absolute Gasteiger partial charge is 0.359 e. The number of aromatic nitrogens is 1. The third kappa shape index (κ3) is 2.07. The van der Waals surface area contributed by atoms with E-state index in [0.29, 0.717) is 5.76 Å². The molecule has 2 aromatic rings. The van der Waals surface area contributed by atoms with E-state index in [-0.39, 0.29) is 6.04 Å². The Morgan fingerprint density at radius 2 is 2.13 bits per heavy atom. The van der Waals surface area contributed by atoms with Crippen LogP contribution in [0.1, 0.15) is 24.3 Å². The first-order valence-corrected chi connectivity index (χ1v) is 4.96. The lowest BCUT2D eigenvalue weighted by atomic mass is 10.1. The summed E-state index contributed by atoms with van der Waals surface area (Å²) < 4.78 is 5.15. The van der Waals surface area contributed by atoms with Gasteiger partial charge in [0.1, 0.15) is 5.69 Å². The van der Waals surface area contributed by atoms with Gasteiger partial charge in [-0.1, -0.05) is 28.9 Å². The molecule has 2 N–H and O–H groups in total.